The second-order valence-electron chi connectivity index (χ2n) is 8.31. The fourth-order valence-electron chi connectivity index (χ4n) is 4.34. The Balaban J connectivity index is 1.69. The first kappa shape index (κ1) is 22.5. The van der Waals surface area contributed by atoms with Gasteiger partial charge in [-0.15, -0.1) is 0 Å². The minimum Gasteiger partial charge on any atom is -0.496 e. The van der Waals surface area contributed by atoms with E-state index in [1.807, 2.05) is 18.2 Å². The van der Waals surface area contributed by atoms with Gasteiger partial charge in [0.1, 0.15) is 5.75 Å². The van der Waals surface area contributed by atoms with Gasteiger partial charge in [-0.1, -0.05) is 24.3 Å². The first-order chi connectivity index (χ1) is 14.4. The van der Waals surface area contributed by atoms with Crippen molar-refractivity contribution in [1.29, 1.82) is 0 Å². The Labute approximate surface area is 180 Å². The molecule has 162 valence electrons. The summed E-state index contributed by atoms with van der Waals surface area (Å²) in [5.41, 5.74) is 5.72. The first-order valence-corrected chi connectivity index (χ1v) is 10.7. The monoisotopic (exact) mass is 410 g/mol. The zero-order valence-corrected chi connectivity index (χ0v) is 18.6. The van der Waals surface area contributed by atoms with Crippen LogP contribution in [0.3, 0.4) is 0 Å². The van der Waals surface area contributed by atoms with Crippen LogP contribution < -0.4 is 4.74 Å². The molecule has 2 aromatic rings. The van der Waals surface area contributed by atoms with Crippen molar-refractivity contribution in [3.05, 3.63) is 64.2 Å². The molecule has 0 aliphatic carbocycles. The highest BCUT2D eigenvalue weighted by atomic mass is 16.5. The SMILES string of the molecule is COc1ccc(CN2CCN(Cc3cccc(C(C)=O)c3)C[C@@H]2CCO)c(C)c1C. The molecule has 30 heavy (non-hydrogen) atoms. The molecule has 1 fully saturated rings. The smallest absolute Gasteiger partial charge is 0.159 e. The minimum absolute atomic E-state index is 0.102. The Bertz CT molecular complexity index is 881. The van der Waals surface area contributed by atoms with Crippen LogP contribution in [0.25, 0.3) is 0 Å². The molecule has 5 nitrogen and oxygen atoms in total. The van der Waals surface area contributed by atoms with E-state index in [1.54, 1.807) is 14.0 Å². The van der Waals surface area contributed by atoms with Crippen LogP contribution in [0, 0.1) is 13.8 Å². The van der Waals surface area contributed by atoms with Crippen LogP contribution in [0.2, 0.25) is 0 Å². The van der Waals surface area contributed by atoms with Crippen molar-refractivity contribution < 1.29 is 14.6 Å². The molecule has 0 amide bonds. The van der Waals surface area contributed by atoms with E-state index in [2.05, 4.69) is 41.8 Å². The summed E-state index contributed by atoms with van der Waals surface area (Å²) in [5, 5.41) is 9.64. The quantitative estimate of drug-likeness (QED) is 0.674. The van der Waals surface area contributed by atoms with Gasteiger partial charge in [-0.05, 0) is 61.6 Å². The van der Waals surface area contributed by atoms with Crippen molar-refractivity contribution in [3.63, 3.8) is 0 Å². The highest BCUT2D eigenvalue weighted by molar-refractivity contribution is 5.94. The number of carbonyl (C=O) groups excluding carboxylic acids is 1. The Kier molecular flexibility index (Phi) is 7.64. The molecule has 3 rings (SSSR count). The van der Waals surface area contributed by atoms with Gasteiger partial charge < -0.3 is 9.84 Å². The molecule has 1 saturated heterocycles. The number of nitrogens with zero attached hydrogens (tertiary/aromatic N) is 2. The normalized spacial score (nSPS) is 17.8. The molecular weight excluding hydrogens is 376 g/mol. The minimum atomic E-state index is 0.102. The van der Waals surface area contributed by atoms with Crippen molar-refractivity contribution in [3.8, 4) is 5.75 Å². The van der Waals surface area contributed by atoms with Crippen molar-refractivity contribution in [1.82, 2.24) is 9.80 Å². The number of aliphatic hydroxyl groups excluding tert-OH is 1. The molecule has 0 radical (unpaired) electrons. The summed E-state index contributed by atoms with van der Waals surface area (Å²) in [6.07, 6.45) is 0.762. The lowest BCUT2D eigenvalue weighted by molar-refractivity contribution is 0.0498. The van der Waals surface area contributed by atoms with Crippen molar-refractivity contribution >= 4 is 5.78 Å². The third-order valence-corrected chi connectivity index (χ3v) is 6.33. The average molecular weight is 411 g/mol. The largest absolute Gasteiger partial charge is 0.496 e. The second-order valence-corrected chi connectivity index (χ2v) is 8.31. The molecule has 1 heterocycles. The summed E-state index contributed by atoms with van der Waals surface area (Å²) >= 11 is 0. The predicted molar refractivity (Wildman–Crippen MR) is 120 cm³/mol. The maximum Gasteiger partial charge on any atom is 0.159 e. The molecule has 1 atom stereocenters. The summed E-state index contributed by atoms with van der Waals surface area (Å²) in [6.45, 7) is 10.6. The third-order valence-electron chi connectivity index (χ3n) is 6.33. The molecule has 2 aromatic carbocycles. The van der Waals surface area contributed by atoms with Gasteiger partial charge in [-0.25, -0.2) is 0 Å². The van der Waals surface area contributed by atoms with Gasteiger partial charge in [0.05, 0.1) is 7.11 Å². The predicted octanol–water partition coefficient (Wildman–Crippen LogP) is 3.58. The summed E-state index contributed by atoms with van der Waals surface area (Å²) in [7, 11) is 1.71. The van der Waals surface area contributed by atoms with E-state index < -0.39 is 0 Å². The van der Waals surface area contributed by atoms with E-state index in [-0.39, 0.29) is 12.4 Å². The molecule has 0 aromatic heterocycles. The number of hydrogen-bond acceptors (Lipinski definition) is 5. The molecule has 0 unspecified atom stereocenters. The maximum absolute atomic E-state index is 11.7. The number of rotatable bonds is 8. The van der Waals surface area contributed by atoms with Gasteiger partial charge in [0.15, 0.2) is 5.78 Å². The van der Waals surface area contributed by atoms with Crippen LogP contribution >= 0.6 is 0 Å². The lowest BCUT2D eigenvalue weighted by Crippen LogP contribution is -2.52. The van der Waals surface area contributed by atoms with Crippen LogP contribution in [0.1, 0.15) is 46.0 Å². The zero-order valence-electron chi connectivity index (χ0n) is 18.6. The van der Waals surface area contributed by atoms with Crippen LogP contribution in [-0.4, -0.2) is 60.1 Å². The van der Waals surface area contributed by atoms with Gasteiger partial charge in [0.2, 0.25) is 0 Å². The summed E-state index contributed by atoms with van der Waals surface area (Å²) in [4.78, 5) is 16.6. The molecule has 0 saturated carbocycles. The first-order valence-electron chi connectivity index (χ1n) is 10.7. The Morgan fingerprint density at radius 3 is 2.63 bits per heavy atom. The summed E-state index contributed by atoms with van der Waals surface area (Å²) in [5.74, 6) is 1.03. The third kappa shape index (κ3) is 5.28. The fraction of sp³-hybridized carbons (Fsp3) is 0.480. The molecular formula is C25H34N2O3. The van der Waals surface area contributed by atoms with Gasteiger partial charge in [0.25, 0.3) is 0 Å². The molecule has 1 N–H and O–H groups in total. The highest BCUT2D eigenvalue weighted by Gasteiger charge is 2.27. The highest BCUT2D eigenvalue weighted by Crippen LogP contribution is 2.26. The van der Waals surface area contributed by atoms with Gasteiger partial charge in [-0.2, -0.15) is 0 Å². The molecule has 1 aliphatic rings. The van der Waals surface area contributed by atoms with Crippen molar-refractivity contribution in [2.45, 2.75) is 46.3 Å². The van der Waals surface area contributed by atoms with Crippen molar-refractivity contribution in [2.75, 3.05) is 33.4 Å². The summed E-state index contributed by atoms with van der Waals surface area (Å²) < 4.78 is 5.45. The zero-order chi connectivity index (χ0) is 21.7. The summed E-state index contributed by atoms with van der Waals surface area (Å²) in [6, 6.07) is 12.4. The van der Waals surface area contributed by atoms with E-state index >= 15 is 0 Å². The topological polar surface area (TPSA) is 53.0 Å². The number of hydrogen-bond donors (Lipinski definition) is 1. The second kappa shape index (κ2) is 10.2. The standard InChI is InChI=1S/C25H34N2O3/c1-18-19(2)25(30-4)9-8-23(18)16-27-12-11-26(17-24(27)10-13-28)15-21-6-5-7-22(14-21)20(3)29/h5-9,14,24,28H,10-13,15-17H2,1-4H3/t24-/m0/s1. The van der Waals surface area contributed by atoms with E-state index in [1.165, 1.54) is 22.3 Å². The van der Waals surface area contributed by atoms with Crippen LogP contribution in [0.15, 0.2) is 36.4 Å². The average Bonchev–Trinajstić information content (AvgIpc) is 2.73. The molecule has 0 bridgehead atoms. The Hall–Kier alpha value is -2.21. The van der Waals surface area contributed by atoms with E-state index in [0.717, 1.165) is 50.5 Å². The number of carbonyl (C=O) groups is 1. The van der Waals surface area contributed by atoms with Crippen LogP contribution in [0.5, 0.6) is 5.75 Å². The van der Waals surface area contributed by atoms with Gasteiger partial charge >= 0.3 is 0 Å². The van der Waals surface area contributed by atoms with E-state index in [0.29, 0.717) is 6.04 Å². The number of ether oxygens (including phenoxy) is 1. The maximum atomic E-state index is 11.7. The number of ketones is 1. The Morgan fingerprint density at radius 1 is 1.13 bits per heavy atom. The van der Waals surface area contributed by atoms with Crippen LogP contribution in [-0.2, 0) is 13.1 Å². The fourth-order valence-corrected chi connectivity index (χ4v) is 4.34. The molecule has 1 aliphatic heterocycles. The number of benzene rings is 2. The van der Waals surface area contributed by atoms with Gasteiger partial charge in [-0.3, -0.25) is 14.6 Å². The Morgan fingerprint density at radius 2 is 1.93 bits per heavy atom. The molecule has 0 spiro atoms. The lowest BCUT2D eigenvalue weighted by atomic mass is 10.00. The van der Waals surface area contributed by atoms with E-state index in [4.69, 9.17) is 4.74 Å². The van der Waals surface area contributed by atoms with E-state index in [9.17, 15) is 9.90 Å². The number of piperazine rings is 1. The lowest BCUT2D eigenvalue weighted by Gasteiger charge is -2.42. The number of methoxy groups -OCH3 is 1. The van der Waals surface area contributed by atoms with Gasteiger partial charge in [0, 0.05) is 50.9 Å². The number of Topliss-reactive ketones (excluding diaryl/α,β-unsaturated/α-hetero) is 1. The number of aliphatic hydroxyl groups is 1. The van der Waals surface area contributed by atoms with Crippen LogP contribution in [0.4, 0.5) is 0 Å². The van der Waals surface area contributed by atoms with Crippen molar-refractivity contribution in [2.24, 2.45) is 0 Å². The molecule has 5 heteroatoms.